The lowest BCUT2D eigenvalue weighted by Crippen LogP contribution is -2.37. The van der Waals surface area contributed by atoms with E-state index in [2.05, 4.69) is 23.6 Å². The van der Waals surface area contributed by atoms with Crippen LogP contribution in [0.15, 0.2) is 18.2 Å². The third-order valence-electron chi connectivity index (χ3n) is 4.34. The van der Waals surface area contributed by atoms with Crippen molar-refractivity contribution >= 4 is 5.84 Å². The van der Waals surface area contributed by atoms with Crippen LogP contribution in [0.4, 0.5) is 4.39 Å². The molecule has 0 aliphatic carbocycles. The van der Waals surface area contributed by atoms with E-state index in [4.69, 9.17) is 11.1 Å². The van der Waals surface area contributed by atoms with Gasteiger partial charge in [0.25, 0.3) is 0 Å². The number of hydrogen-bond acceptors (Lipinski definition) is 3. The van der Waals surface area contributed by atoms with Crippen LogP contribution in [0.1, 0.15) is 31.4 Å². The van der Waals surface area contributed by atoms with Gasteiger partial charge in [-0.2, -0.15) is 0 Å². The lowest BCUT2D eigenvalue weighted by molar-refractivity contribution is 0.208. The smallest absolute Gasteiger partial charge is 0.138 e. The van der Waals surface area contributed by atoms with Crippen LogP contribution in [0, 0.1) is 11.2 Å². The van der Waals surface area contributed by atoms with Crippen LogP contribution in [0.5, 0.6) is 0 Å². The van der Waals surface area contributed by atoms with Gasteiger partial charge in [0.15, 0.2) is 0 Å². The minimum Gasteiger partial charge on any atom is -0.384 e. The molecule has 0 saturated carbocycles. The van der Waals surface area contributed by atoms with E-state index < -0.39 is 0 Å². The zero-order valence-electron chi connectivity index (χ0n) is 12.9. The predicted molar refractivity (Wildman–Crippen MR) is 84.0 cm³/mol. The van der Waals surface area contributed by atoms with Crippen molar-refractivity contribution in [1.82, 2.24) is 9.80 Å². The molecule has 2 rings (SSSR count). The highest BCUT2D eigenvalue weighted by molar-refractivity contribution is 5.95. The molecule has 0 aromatic heterocycles. The van der Waals surface area contributed by atoms with Gasteiger partial charge < -0.3 is 5.73 Å². The second-order valence-electron chi connectivity index (χ2n) is 5.59. The van der Waals surface area contributed by atoms with Crippen LogP contribution < -0.4 is 5.73 Å². The molecule has 1 aromatic carbocycles. The fourth-order valence-corrected chi connectivity index (χ4v) is 3.14. The lowest BCUT2D eigenvalue weighted by atomic mass is 10.1. The van der Waals surface area contributed by atoms with E-state index in [-0.39, 0.29) is 17.2 Å². The molecule has 1 fully saturated rings. The predicted octanol–water partition coefficient (Wildman–Crippen LogP) is 2.03. The molecular weight excluding hydrogens is 267 g/mol. The monoisotopic (exact) mass is 292 g/mol. The van der Waals surface area contributed by atoms with Gasteiger partial charge in [-0.3, -0.25) is 15.2 Å². The van der Waals surface area contributed by atoms with Gasteiger partial charge >= 0.3 is 0 Å². The SMILES string of the molecule is CCN(CC)C1CCN(Cc2cccc(C(=N)N)c2F)C1. The number of likely N-dealkylation sites (tertiary alicyclic amines) is 1. The number of nitrogen functional groups attached to an aromatic ring is 1. The first-order valence-corrected chi connectivity index (χ1v) is 7.65. The number of nitrogens with zero attached hydrogens (tertiary/aromatic N) is 2. The number of rotatable bonds is 6. The number of nitrogens with two attached hydrogens (primary N) is 1. The Balaban J connectivity index is 2.04. The normalized spacial score (nSPS) is 19.3. The first kappa shape index (κ1) is 15.9. The first-order valence-electron chi connectivity index (χ1n) is 7.65. The summed E-state index contributed by atoms with van der Waals surface area (Å²) in [6, 6.07) is 5.68. The van der Waals surface area contributed by atoms with Crippen LogP contribution in [-0.4, -0.2) is 47.9 Å². The first-order chi connectivity index (χ1) is 10.1. The minimum absolute atomic E-state index is 0.201. The van der Waals surface area contributed by atoms with Gasteiger partial charge in [-0.05, 0) is 25.6 Å². The Morgan fingerprint density at radius 3 is 2.76 bits per heavy atom. The van der Waals surface area contributed by atoms with Crippen molar-refractivity contribution in [2.75, 3.05) is 26.2 Å². The largest absolute Gasteiger partial charge is 0.384 e. The third kappa shape index (κ3) is 3.60. The topological polar surface area (TPSA) is 56.4 Å². The maximum absolute atomic E-state index is 14.3. The molecule has 1 aliphatic rings. The molecule has 21 heavy (non-hydrogen) atoms. The Hall–Kier alpha value is -1.46. The Bertz CT molecular complexity index is 499. The van der Waals surface area contributed by atoms with Crippen molar-refractivity contribution in [1.29, 1.82) is 5.41 Å². The summed E-state index contributed by atoms with van der Waals surface area (Å²) >= 11 is 0. The molecule has 0 radical (unpaired) electrons. The molecule has 4 nitrogen and oxygen atoms in total. The second-order valence-corrected chi connectivity index (χ2v) is 5.59. The van der Waals surface area contributed by atoms with E-state index in [0.717, 1.165) is 32.6 Å². The second kappa shape index (κ2) is 7.00. The summed E-state index contributed by atoms with van der Waals surface area (Å²) in [5, 5.41) is 7.41. The number of benzene rings is 1. The van der Waals surface area contributed by atoms with Crippen molar-refractivity contribution < 1.29 is 4.39 Å². The Kier molecular flexibility index (Phi) is 5.31. The number of hydrogen-bond donors (Lipinski definition) is 2. The summed E-state index contributed by atoms with van der Waals surface area (Å²) in [7, 11) is 0. The average Bonchev–Trinajstić information content (AvgIpc) is 2.91. The lowest BCUT2D eigenvalue weighted by Gasteiger charge is -2.26. The van der Waals surface area contributed by atoms with Crippen LogP contribution in [-0.2, 0) is 6.54 Å². The van der Waals surface area contributed by atoms with Crippen LogP contribution in [0.3, 0.4) is 0 Å². The van der Waals surface area contributed by atoms with Crippen LogP contribution >= 0.6 is 0 Å². The van der Waals surface area contributed by atoms with Gasteiger partial charge in [0.05, 0.1) is 5.56 Å². The number of amidine groups is 1. The van der Waals surface area contributed by atoms with E-state index in [9.17, 15) is 4.39 Å². The van der Waals surface area contributed by atoms with Gasteiger partial charge in [-0.1, -0.05) is 26.0 Å². The summed E-state index contributed by atoms with van der Waals surface area (Å²) in [6.07, 6.45) is 1.13. The van der Waals surface area contributed by atoms with Gasteiger partial charge in [0, 0.05) is 31.2 Å². The molecule has 1 unspecified atom stereocenters. The fraction of sp³-hybridized carbons (Fsp3) is 0.562. The molecule has 1 atom stereocenters. The maximum Gasteiger partial charge on any atom is 0.138 e. The summed E-state index contributed by atoms with van der Waals surface area (Å²) < 4.78 is 14.3. The zero-order chi connectivity index (χ0) is 15.4. The van der Waals surface area contributed by atoms with Crippen molar-refractivity contribution in [2.24, 2.45) is 5.73 Å². The van der Waals surface area contributed by atoms with E-state index >= 15 is 0 Å². The third-order valence-corrected chi connectivity index (χ3v) is 4.34. The summed E-state index contributed by atoms with van der Waals surface area (Å²) in [5.74, 6) is -0.562. The van der Waals surface area contributed by atoms with Gasteiger partial charge in [0.2, 0.25) is 0 Å². The molecule has 0 spiro atoms. The molecule has 0 amide bonds. The Morgan fingerprint density at radius 2 is 2.14 bits per heavy atom. The van der Waals surface area contributed by atoms with Crippen LogP contribution in [0.25, 0.3) is 0 Å². The van der Waals surface area contributed by atoms with E-state index in [1.807, 2.05) is 0 Å². The fourth-order valence-electron chi connectivity index (χ4n) is 3.14. The summed E-state index contributed by atoms with van der Waals surface area (Å²) in [4.78, 5) is 4.74. The van der Waals surface area contributed by atoms with Crippen molar-refractivity contribution in [3.05, 3.63) is 35.1 Å². The van der Waals surface area contributed by atoms with E-state index in [0.29, 0.717) is 18.2 Å². The number of halogens is 1. The van der Waals surface area contributed by atoms with E-state index in [1.54, 1.807) is 18.2 Å². The molecule has 1 aliphatic heterocycles. The van der Waals surface area contributed by atoms with Crippen molar-refractivity contribution in [3.63, 3.8) is 0 Å². The molecular formula is C16H25FN4. The molecule has 1 aromatic rings. The van der Waals surface area contributed by atoms with Gasteiger partial charge in [-0.15, -0.1) is 0 Å². The minimum atomic E-state index is -0.351. The number of nitrogens with one attached hydrogen (secondary N) is 1. The molecule has 1 heterocycles. The van der Waals surface area contributed by atoms with E-state index in [1.165, 1.54) is 0 Å². The highest BCUT2D eigenvalue weighted by atomic mass is 19.1. The maximum atomic E-state index is 14.3. The standard InChI is InChI=1S/C16H25FN4/c1-3-21(4-2)13-8-9-20(11-13)10-12-6-5-7-14(15(12)17)16(18)19/h5-7,13H,3-4,8-11H2,1-2H3,(H3,18,19). The summed E-state index contributed by atoms with van der Waals surface area (Å²) in [6.45, 7) is 9.04. The quantitative estimate of drug-likeness (QED) is 0.623. The van der Waals surface area contributed by atoms with Gasteiger partial charge in [-0.25, -0.2) is 4.39 Å². The molecule has 116 valence electrons. The Labute approximate surface area is 126 Å². The van der Waals surface area contributed by atoms with Crippen LogP contribution in [0.2, 0.25) is 0 Å². The molecule has 5 heteroatoms. The molecule has 3 N–H and O–H groups in total. The van der Waals surface area contributed by atoms with Gasteiger partial charge in [0.1, 0.15) is 11.7 Å². The Morgan fingerprint density at radius 1 is 1.43 bits per heavy atom. The summed E-state index contributed by atoms with van der Waals surface area (Å²) in [5.41, 5.74) is 6.24. The highest BCUT2D eigenvalue weighted by Crippen LogP contribution is 2.20. The van der Waals surface area contributed by atoms with Crippen molar-refractivity contribution in [2.45, 2.75) is 32.9 Å². The molecule has 0 bridgehead atoms. The number of likely N-dealkylation sites (N-methyl/N-ethyl adjacent to an activating group) is 1. The highest BCUT2D eigenvalue weighted by Gasteiger charge is 2.26. The molecule has 1 saturated heterocycles. The van der Waals surface area contributed by atoms with Crippen molar-refractivity contribution in [3.8, 4) is 0 Å². The zero-order valence-corrected chi connectivity index (χ0v) is 12.9. The average molecular weight is 292 g/mol.